The van der Waals surface area contributed by atoms with Crippen LogP contribution in [-0.2, 0) is 13.6 Å². The number of ketones is 1. The summed E-state index contributed by atoms with van der Waals surface area (Å²) in [6.07, 6.45) is 3.97. The number of fused-ring (bicyclic) bond motifs is 3. The summed E-state index contributed by atoms with van der Waals surface area (Å²) < 4.78 is 13.1. The molecule has 1 aromatic carbocycles. The smallest absolute Gasteiger partial charge is 0.324 e. The minimum absolute atomic E-state index is 0.0303. The lowest BCUT2D eigenvalue weighted by atomic mass is 9.87. The number of carbonyl (C=O) groups is 2. The largest absolute Gasteiger partial charge is 0.497 e. The second kappa shape index (κ2) is 11.1. The monoisotopic (exact) mass is 562 g/mol. The zero-order valence-electron chi connectivity index (χ0n) is 24.2. The first-order valence-corrected chi connectivity index (χ1v) is 14.6. The van der Waals surface area contributed by atoms with Crippen molar-refractivity contribution in [3.63, 3.8) is 0 Å². The predicted molar refractivity (Wildman–Crippen MR) is 158 cm³/mol. The molecule has 0 spiro atoms. The maximum absolute atomic E-state index is 14.0. The molecule has 2 atom stereocenters. The maximum atomic E-state index is 14.0. The Balaban J connectivity index is 1.49. The van der Waals surface area contributed by atoms with Gasteiger partial charge in [-0.3, -0.25) is 14.4 Å². The third-order valence-electron chi connectivity index (χ3n) is 8.25. The van der Waals surface area contributed by atoms with Crippen LogP contribution in [0.3, 0.4) is 0 Å². The van der Waals surface area contributed by atoms with E-state index in [0.29, 0.717) is 44.6 Å². The number of benzene rings is 1. The second-order valence-corrected chi connectivity index (χ2v) is 11.7. The van der Waals surface area contributed by atoms with E-state index in [1.54, 1.807) is 14.2 Å². The molecule has 2 amide bonds. The third kappa shape index (κ3) is 4.91. The highest BCUT2D eigenvalue weighted by Gasteiger charge is 2.33. The fourth-order valence-electron chi connectivity index (χ4n) is 6.06. The average molecular weight is 563 g/mol. The highest BCUT2D eigenvalue weighted by molar-refractivity contribution is 7.20. The number of thiophene rings is 1. The molecule has 0 radical (unpaired) electrons. The quantitative estimate of drug-likeness (QED) is 0.264. The van der Waals surface area contributed by atoms with Crippen LogP contribution in [0.5, 0.6) is 11.5 Å². The Bertz CT molecular complexity index is 1480. The van der Waals surface area contributed by atoms with Crippen LogP contribution in [0, 0.1) is 12.8 Å². The van der Waals surface area contributed by atoms with E-state index < -0.39 is 0 Å². The SMILES string of the molecule is C=C1CCC2=CC(C)c3c(cc(OC)cc3OC)CN2C(=O)N(CC)CCC1C(=O)c1cc2c(C)nn(C)c2s1. The van der Waals surface area contributed by atoms with Crippen LogP contribution >= 0.6 is 11.3 Å². The molecule has 3 aromatic rings. The molecule has 40 heavy (non-hydrogen) atoms. The lowest BCUT2D eigenvalue weighted by Crippen LogP contribution is -2.44. The molecule has 8 nitrogen and oxygen atoms in total. The Hall–Kier alpha value is -3.59. The molecule has 2 aliphatic heterocycles. The highest BCUT2D eigenvalue weighted by atomic mass is 32.1. The van der Waals surface area contributed by atoms with Crippen LogP contribution in [0.1, 0.15) is 65.5 Å². The van der Waals surface area contributed by atoms with Gasteiger partial charge in [-0.25, -0.2) is 4.79 Å². The standard InChI is InChI=1S/C31H38N4O4S/c1-8-34-12-11-24(29(36)27-16-25-20(4)32-33(5)30(25)40-27)18(2)9-10-22-13-19(3)28-21(17-35(22)31(34)37)14-23(38-6)15-26(28)39-7/h13-16,19,24H,2,8-12,17H2,1,3-7H3. The molecule has 5 rings (SSSR count). The summed E-state index contributed by atoms with van der Waals surface area (Å²) in [5.74, 6) is 1.23. The van der Waals surface area contributed by atoms with E-state index in [0.717, 1.165) is 48.9 Å². The summed E-state index contributed by atoms with van der Waals surface area (Å²) >= 11 is 1.49. The van der Waals surface area contributed by atoms with Gasteiger partial charge < -0.3 is 14.4 Å². The minimum Gasteiger partial charge on any atom is -0.497 e. The molecule has 0 bridgehead atoms. The van der Waals surface area contributed by atoms with E-state index in [4.69, 9.17) is 9.47 Å². The van der Waals surface area contributed by atoms with Gasteiger partial charge in [-0.2, -0.15) is 5.10 Å². The molecule has 0 aliphatic carbocycles. The number of urea groups is 1. The average Bonchev–Trinajstić information content (AvgIpc) is 3.46. The number of Topliss-reactive ketones (excluding diaryl/α,β-unsaturated/α-hetero) is 1. The molecule has 1 saturated heterocycles. The van der Waals surface area contributed by atoms with Crippen LogP contribution in [0.25, 0.3) is 10.2 Å². The van der Waals surface area contributed by atoms with Gasteiger partial charge in [0, 0.05) is 54.7 Å². The zero-order chi connectivity index (χ0) is 28.7. The Labute approximate surface area is 239 Å². The number of aromatic nitrogens is 2. The van der Waals surface area contributed by atoms with E-state index in [9.17, 15) is 9.59 Å². The second-order valence-electron chi connectivity index (χ2n) is 10.7. The number of hydrogen-bond donors (Lipinski definition) is 0. The van der Waals surface area contributed by atoms with Gasteiger partial charge in [0.1, 0.15) is 16.3 Å². The molecular formula is C31H38N4O4S. The van der Waals surface area contributed by atoms with Crippen molar-refractivity contribution in [3.8, 4) is 11.5 Å². The molecular weight excluding hydrogens is 524 g/mol. The molecule has 2 aromatic heterocycles. The number of methoxy groups -OCH3 is 2. The molecule has 2 aliphatic rings. The topological polar surface area (TPSA) is 76.9 Å². The van der Waals surface area contributed by atoms with Crippen molar-refractivity contribution >= 4 is 33.4 Å². The van der Waals surface area contributed by atoms with Crippen LogP contribution in [0.4, 0.5) is 4.79 Å². The summed E-state index contributed by atoms with van der Waals surface area (Å²) in [7, 11) is 5.21. The molecule has 1 fully saturated rings. The molecule has 0 N–H and O–H groups in total. The van der Waals surface area contributed by atoms with Crippen molar-refractivity contribution in [2.24, 2.45) is 13.0 Å². The molecule has 212 valence electrons. The van der Waals surface area contributed by atoms with Gasteiger partial charge in [0.05, 0.1) is 31.3 Å². The van der Waals surface area contributed by atoms with Gasteiger partial charge in [-0.05, 0) is 50.8 Å². The van der Waals surface area contributed by atoms with Crippen molar-refractivity contribution in [2.45, 2.75) is 52.5 Å². The first-order chi connectivity index (χ1) is 19.2. The first-order valence-electron chi connectivity index (χ1n) is 13.8. The number of amides is 2. The first kappa shape index (κ1) is 28.0. The lowest BCUT2D eigenvalue weighted by molar-refractivity contribution is 0.0924. The third-order valence-corrected chi connectivity index (χ3v) is 9.47. The normalized spacial score (nSPS) is 20.1. The number of nitrogens with zero attached hydrogens (tertiary/aromatic N) is 4. The zero-order valence-corrected chi connectivity index (χ0v) is 25.1. The summed E-state index contributed by atoms with van der Waals surface area (Å²) in [6, 6.07) is 5.83. The molecule has 4 heterocycles. The number of allylic oxidation sites excluding steroid dienone is 3. The number of hydrogen-bond acceptors (Lipinski definition) is 6. The van der Waals surface area contributed by atoms with Gasteiger partial charge in [0.25, 0.3) is 0 Å². The highest BCUT2D eigenvalue weighted by Crippen LogP contribution is 2.41. The van der Waals surface area contributed by atoms with Crippen LogP contribution < -0.4 is 9.47 Å². The van der Waals surface area contributed by atoms with E-state index in [2.05, 4.69) is 24.7 Å². The summed E-state index contributed by atoms with van der Waals surface area (Å²) in [6.45, 7) is 11.9. The number of rotatable bonds is 5. The predicted octanol–water partition coefficient (Wildman–Crippen LogP) is 6.44. The van der Waals surface area contributed by atoms with Gasteiger partial charge in [0.15, 0.2) is 5.78 Å². The summed E-state index contributed by atoms with van der Waals surface area (Å²) in [5, 5.41) is 5.49. The van der Waals surface area contributed by atoms with E-state index in [-0.39, 0.29) is 23.7 Å². The maximum Gasteiger partial charge on any atom is 0.324 e. The number of aryl methyl sites for hydroxylation is 2. The van der Waals surface area contributed by atoms with Gasteiger partial charge in [-0.15, -0.1) is 11.3 Å². The van der Waals surface area contributed by atoms with E-state index >= 15 is 0 Å². The van der Waals surface area contributed by atoms with Crippen molar-refractivity contribution in [2.75, 3.05) is 27.3 Å². The Morgan fingerprint density at radius 3 is 2.65 bits per heavy atom. The van der Waals surface area contributed by atoms with Crippen LogP contribution in [0.2, 0.25) is 0 Å². The van der Waals surface area contributed by atoms with Crippen molar-refractivity contribution < 1.29 is 19.1 Å². The van der Waals surface area contributed by atoms with Crippen molar-refractivity contribution in [3.05, 3.63) is 63.8 Å². The Kier molecular flexibility index (Phi) is 7.77. The molecule has 0 saturated carbocycles. The van der Waals surface area contributed by atoms with E-state index in [1.807, 2.05) is 53.6 Å². The van der Waals surface area contributed by atoms with E-state index in [1.165, 1.54) is 11.3 Å². The van der Waals surface area contributed by atoms with Gasteiger partial charge in [-0.1, -0.05) is 25.2 Å². The van der Waals surface area contributed by atoms with Gasteiger partial charge in [0.2, 0.25) is 0 Å². The summed E-state index contributed by atoms with van der Waals surface area (Å²) in [5.41, 5.74) is 4.86. The van der Waals surface area contributed by atoms with Crippen LogP contribution in [-0.4, -0.2) is 58.7 Å². The molecule has 2 unspecified atom stereocenters. The summed E-state index contributed by atoms with van der Waals surface area (Å²) in [4.78, 5) is 33.4. The van der Waals surface area contributed by atoms with Gasteiger partial charge >= 0.3 is 6.03 Å². The van der Waals surface area contributed by atoms with Crippen molar-refractivity contribution in [1.82, 2.24) is 19.6 Å². The Morgan fingerprint density at radius 1 is 1.20 bits per heavy atom. The minimum atomic E-state index is -0.347. The number of carbonyl (C=O) groups excluding carboxylic acids is 2. The fourth-order valence-corrected chi connectivity index (χ4v) is 7.18. The number of ether oxygens (including phenoxy) is 2. The molecule has 9 heteroatoms. The van der Waals surface area contributed by atoms with Crippen LogP contribution in [0.15, 0.2) is 42.1 Å². The lowest BCUT2D eigenvalue weighted by Gasteiger charge is -2.34. The van der Waals surface area contributed by atoms with Crippen molar-refractivity contribution in [1.29, 1.82) is 0 Å². The fraction of sp³-hybridized carbons (Fsp3) is 0.452. The Morgan fingerprint density at radius 2 is 1.98 bits per heavy atom.